The van der Waals surface area contributed by atoms with E-state index in [9.17, 15) is 14.4 Å². The predicted molar refractivity (Wildman–Crippen MR) is 161 cm³/mol. The van der Waals surface area contributed by atoms with Crippen molar-refractivity contribution < 1.29 is 14.4 Å². The van der Waals surface area contributed by atoms with Gasteiger partial charge < -0.3 is 15.5 Å². The van der Waals surface area contributed by atoms with E-state index in [-0.39, 0.29) is 41.3 Å². The molecule has 2 aliphatic rings. The number of nitrogens with one attached hydrogen (secondary N) is 2. The van der Waals surface area contributed by atoms with Gasteiger partial charge in [-0.2, -0.15) is 5.10 Å². The third kappa shape index (κ3) is 4.98. The Labute approximate surface area is 251 Å². The quantitative estimate of drug-likeness (QED) is 0.222. The second kappa shape index (κ2) is 10.7. The van der Waals surface area contributed by atoms with Crippen LogP contribution in [-0.2, 0) is 16.1 Å². The van der Waals surface area contributed by atoms with E-state index in [2.05, 4.69) is 46.6 Å². The molecule has 12 heteroatoms. The largest absolute Gasteiger partial charge is 0.325 e. The number of likely N-dealkylation sites (tertiary alicyclic amines) is 1. The van der Waals surface area contributed by atoms with Gasteiger partial charge in [-0.15, -0.1) is 0 Å². The van der Waals surface area contributed by atoms with Crippen LogP contribution < -0.4 is 10.6 Å². The van der Waals surface area contributed by atoms with Crippen molar-refractivity contribution in [2.24, 2.45) is 5.41 Å². The number of aromatic nitrogens is 5. The van der Waals surface area contributed by atoms with Crippen LogP contribution in [-0.4, -0.2) is 72.9 Å². The van der Waals surface area contributed by atoms with E-state index in [0.29, 0.717) is 40.1 Å². The first-order chi connectivity index (χ1) is 20.1. The van der Waals surface area contributed by atoms with Gasteiger partial charge in [-0.1, -0.05) is 12.1 Å². The van der Waals surface area contributed by atoms with Crippen LogP contribution >= 0.6 is 15.9 Å². The van der Waals surface area contributed by atoms with Crippen LogP contribution in [0.15, 0.2) is 47.3 Å². The van der Waals surface area contributed by atoms with E-state index in [1.807, 2.05) is 51.2 Å². The monoisotopic (exact) mass is 630 g/mol. The van der Waals surface area contributed by atoms with Crippen molar-refractivity contribution >= 4 is 50.2 Å². The Morgan fingerprint density at radius 2 is 1.83 bits per heavy atom. The molecule has 0 spiro atoms. The topological polar surface area (TPSA) is 135 Å². The summed E-state index contributed by atoms with van der Waals surface area (Å²) in [6.07, 6.45) is 4.87. The Kier molecular flexibility index (Phi) is 7.14. The number of fused-ring (bicyclic) bond motifs is 2. The van der Waals surface area contributed by atoms with E-state index in [0.717, 1.165) is 23.1 Å². The first-order valence-corrected chi connectivity index (χ1v) is 14.6. The summed E-state index contributed by atoms with van der Waals surface area (Å²) in [6, 6.07) is 8.63. The number of hydrogen-bond donors (Lipinski definition) is 2. The molecule has 3 atom stereocenters. The van der Waals surface area contributed by atoms with Gasteiger partial charge in [-0.25, -0.2) is 15.0 Å². The van der Waals surface area contributed by atoms with Gasteiger partial charge in [-0.05, 0) is 79.0 Å². The van der Waals surface area contributed by atoms with Crippen LogP contribution in [0.2, 0.25) is 0 Å². The Balaban J connectivity index is 1.30. The molecule has 0 radical (unpaired) electrons. The van der Waals surface area contributed by atoms with Gasteiger partial charge in [0.25, 0.3) is 0 Å². The first kappa shape index (κ1) is 28.1. The van der Waals surface area contributed by atoms with Crippen molar-refractivity contribution in [1.29, 1.82) is 0 Å². The Morgan fingerprint density at radius 1 is 1.07 bits per heavy atom. The highest BCUT2D eigenvalue weighted by Crippen LogP contribution is 2.59. The zero-order valence-corrected chi connectivity index (χ0v) is 25.4. The normalized spacial score (nSPS) is 20.9. The van der Waals surface area contributed by atoms with E-state index in [1.54, 1.807) is 22.0 Å². The third-order valence-electron chi connectivity index (χ3n) is 8.33. The number of carbonyl (C=O) groups excluding carboxylic acids is 3. The van der Waals surface area contributed by atoms with Crippen LogP contribution in [0, 0.1) is 19.3 Å². The molecule has 4 aromatic rings. The van der Waals surface area contributed by atoms with E-state index in [4.69, 9.17) is 0 Å². The molecular formula is C30H31BrN8O3. The summed E-state index contributed by atoms with van der Waals surface area (Å²) in [5, 5.41) is 11.4. The van der Waals surface area contributed by atoms with Crippen molar-refractivity contribution in [3.8, 4) is 11.1 Å². The SMILES string of the molecule is CNCC12CC1N(C(=O)Cn1nc(C(C)=O)c3cc(-c4cnc(C)nc4)ccc31)[C@H](C(=O)Nc1nc(Br)ccc1C)C2. The number of rotatable bonds is 8. The van der Waals surface area contributed by atoms with Crippen molar-refractivity contribution in [2.45, 2.75) is 52.2 Å². The molecule has 42 heavy (non-hydrogen) atoms. The van der Waals surface area contributed by atoms with Gasteiger partial charge in [0.15, 0.2) is 5.78 Å². The fourth-order valence-electron chi connectivity index (χ4n) is 6.14. The standard InChI is InChI=1S/C30H31BrN8O3/c1-16-5-8-25(31)35-28(16)36-29(42)23-10-30(15-32-4)11-24(30)39(23)26(41)14-38-22-7-6-19(20-12-33-18(3)34-13-20)9-21(22)27(37-38)17(2)40/h5-9,12-13,23-24,32H,10-11,14-15H2,1-4H3,(H,35,36,42)/t23-,24?,30?/m0/s1. The van der Waals surface area contributed by atoms with Gasteiger partial charge >= 0.3 is 0 Å². The summed E-state index contributed by atoms with van der Waals surface area (Å²) < 4.78 is 2.18. The van der Waals surface area contributed by atoms with Crippen molar-refractivity contribution in [3.05, 3.63) is 64.4 Å². The lowest BCUT2D eigenvalue weighted by atomic mass is 9.99. The van der Waals surface area contributed by atoms with Gasteiger partial charge in [0.2, 0.25) is 11.8 Å². The van der Waals surface area contributed by atoms with Crippen LogP contribution in [0.4, 0.5) is 5.82 Å². The van der Waals surface area contributed by atoms with Gasteiger partial charge in [-0.3, -0.25) is 19.1 Å². The van der Waals surface area contributed by atoms with Crippen LogP contribution in [0.25, 0.3) is 22.0 Å². The molecule has 1 aliphatic carbocycles. The minimum Gasteiger partial charge on any atom is -0.325 e. The summed E-state index contributed by atoms with van der Waals surface area (Å²) in [6.45, 7) is 5.77. The molecule has 0 bridgehead atoms. The summed E-state index contributed by atoms with van der Waals surface area (Å²) in [4.78, 5) is 54.8. The molecule has 2 unspecified atom stereocenters. The number of piperidine rings is 1. The molecule has 11 nitrogen and oxygen atoms in total. The average Bonchev–Trinajstić information content (AvgIpc) is 3.36. The Morgan fingerprint density at radius 3 is 2.55 bits per heavy atom. The smallest absolute Gasteiger partial charge is 0.248 e. The third-order valence-corrected chi connectivity index (χ3v) is 8.77. The summed E-state index contributed by atoms with van der Waals surface area (Å²) >= 11 is 3.36. The minimum atomic E-state index is -0.646. The molecule has 2 N–H and O–H groups in total. The number of benzene rings is 1. The second-order valence-electron chi connectivity index (χ2n) is 11.2. The minimum absolute atomic E-state index is 0.0491. The van der Waals surface area contributed by atoms with E-state index < -0.39 is 6.04 Å². The highest BCUT2D eigenvalue weighted by Gasteiger charge is 2.66. The number of halogens is 1. The van der Waals surface area contributed by atoms with Gasteiger partial charge in [0, 0.05) is 48.3 Å². The molecule has 2 amide bonds. The molecule has 3 aromatic heterocycles. The van der Waals surface area contributed by atoms with Gasteiger partial charge in [0.05, 0.1) is 5.52 Å². The Hall–Kier alpha value is -4.03. The molecule has 1 saturated heterocycles. The zero-order chi connectivity index (χ0) is 29.8. The number of carbonyl (C=O) groups is 3. The summed E-state index contributed by atoms with van der Waals surface area (Å²) in [5.41, 5.74) is 3.30. The fourth-order valence-corrected chi connectivity index (χ4v) is 6.45. The summed E-state index contributed by atoms with van der Waals surface area (Å²) in [5.74, 6) is 0.449. The van der Waals surface area contributed by atoms with Crippen LogP contribution in [0.1, 0.15) is 41.6 Å². The maximum Gasteiger partial charge on any atom is 0.248 e. The Bertz CT molecular complexity index is 1740. The lowest BCUT2D eigenvalue weighted by Crippen LogP contribution is -2.47. The first-order valence-electron chi connectivity index (χ1n) is 13.8. The fraction of sp³-hybridized carbons (Fsp3) is 0.367. The maximum absolute atomic E-state index is 14.0. The molecule has 4 heterocycles. The number of anilines is 1. The number of aryl methyl sites for hydroxylation is 2. The summed E-state index contributed by atoms with van der Waals surface area (Å²) in [7, 11) is 1.88. The average molecular weight is 632 g/mol. The zero-order valence-electron chi connectivity index (χ0n) is 23.8. The van der Waals surface area contributed by atoms with Gasteiger partial charge in [0.1, 0.15) is 34.5 Å². The van der Waals surface area contributed by atoms with Crippen molar-refractivity contribution in [1.82, 2.24) is 34.9 Å². The van der Waals surface area contributed by atoms with Crippen molar-refractivity contribution in [3.63, 3.8) is 0 Å². The number of ketones is 1. The predicted octanol–water partition coefficient (Wildman–Crippen LogP) is 3.69. The maximum atomic E-state index is 14.0. The molecular weight excluding hydrogens is 600 g/mol. The number of pyridine rings is 1. The lowest BCUT2D eigenvalue weighted by Gasteiger charge is -2.27. The van der Waals surface area contributed by atoms with E-state index >= 15 is 0 Å². The molecule has 1 aromatic carbocycles. The van der Waals surface area contributed by atoms with E-state index in [1.165, 1.54) is 6.92 Å². The number of hydrogen-bond acceptors (Lipinski definition) is 8. The van der Waals surface area contributed by atoms with Crippen molar-refractivity contribution in [2.75, 3.05) is 18.9 Å². The molecule has 216 valence electrons. The number of amides is 2. The van der Waals surface area contributed by atoms with Crippen LogP contribution in [0.5, 0.6) is 0 Å². The lowest BCUT2D eigenvalue weighted by molar-refractivity contribution is -0.138. The number of nitrogens with zero attached hydrogens (tertiary/aromatic N) is 6. The highest BCUT2D eigenvalue weighted by atomic mass is 79.9. The highest BCUT2D eigenvalue weighted by molar-refractivity contribution is 9.10. The molecule has 1 aliphatic heterocycles. The second-order valence-corrected chi connectivity index (χ2v) is 12.0. The molecule has 1 saturated carbocycles. The molecule has 2 fully saturated rings. The molecule has 6 rings (SSSR count). The number of Topliss-reactive ketones (excluding diaryl/α,β-unsaturated/α-hetero) is 1. The van der Waals surface area contributed by atoms with Crippen LogP contribution in [0.3, 0.4) is 0 Å².